The average molecular weight is 343 g/mol. The van der Waals surface area contributed by atoms with Crippen molar-refractivity contribution in [3.8, 4) is 0 Å². The van der Waals surface area contributed by atoms with Gasteiger partial charge in [0, 0.05) is 13.0 Å². The first kappa shape index (κ1) is 18.0. The van der Waals surface area contributed by atoms with Crippen LogP contribution in [0.2, 0.25) is 0 Å². The molecule has 0 fully saturated rings. The molecule has 0 aromatic heterocycles. The van der Waals surface area contributed by atoms with Gasteiger partial charge in [0.15, 0.2) is 0 Å². The van der Waals surface area contributed by atoms with Crippen LogP contribution in [0, 0.1) is 0 Å². The third-order valence-electron chi connectivity index (χ3n) is 3.86. The summed E-state index contributed by atoms with van der Waals surface area (Å²) in [7, 11) is 0. The largest absolute Gasteiger partial charge is 0.481 e. The van der Waals surface area contributed by atoms with Crippen LogP contribution in [0.15, 0.2) is 18.2 Å². The van der Waals surface area contributed by atoms with Gasteiger partial charge >= 0.3 is 18.1 Å². The van der Waals surface area contributed by atoms with Crippen LogP contribution in [0.3, 0.4) is 0 Å². The van der Waals surface area contributed by atoms with E-state index in [0.29, 0.717) is 18.4 Å². The summed E-state index contributed by atoms with van der Waals surface area (Å²) in [5.41, 5.74) is 2.13. The van der Waals surface area contributed by atoms with E-state index in [1.54, 1.807) is 18.2 Å². The second-order valence-electron chi connectivity index (χ2n) is 5.63. The Bertz CT molecular complexity index is 670. The molecule has 24 heavy (non-hydrogen) atoms. The molecule has 5 nitrogen and oxygen atoms in total. The van der Waals surface area contributed by atoms with E-state index in [0.717, 1.165) is 11.1 Å². The molecule has 0 unspecified atom stereocenters. The quantitative estimate of drug-likeness (QED) is 0.909. The number of hydrogen-bond donors (Lipinski definition) is 1. The minimum Gasteiger partial charge on any atom is -0.481 e. The number of hydrogen-bond acceptors (Lipinski definition) is 3. The van der Waals surface area contributed by atoms with Crippen molar-refractivity contribution < 1.29 is 32.7 Å². The number of carboxylic acid groups (broad SMARTS) is 1. The molecular weight excluding hydrogens is 327 g/mol. The normalized spacial score (nSPS) is 15.0. The predicted octanol–water partition coefficient (Wildman–Crippen LogP) is 2.11. The van der Waals surface area contributed by atoms with E-state index in [-0.39, 0.29) is 30.7 Å². The van der Waals surface area contributed by atoms with Crippen molar-refractivity contribution in [3.05, 3.63) is 34.9 Å². The molecule has 2 rings (SSSR count). The Balaban J connectivity index is 2.13. The lowest BCUT2D eigenvalue weighted by Gasteiger charge is -2.19. The van der Waals surface area contributed by atoms with Crippen LogP contribution >= 0.6 is 0 Å². The molecule has 1 aliphatic rings. The number of halogens is 3. The second-order valence-corrected chi connectivity index (χ2v) is 5.63. The maximum atomic E-state index is 12.5. The van der Waals surface area contributed by atoms with Crippen molar-refractivity contribution in [2.75, 3.05) is 6.54 Å². The molecule has 2 amide bonds. The number of carbonyl (C=O) groups is 3. The van der Waals surface area contributed by atoms with Gasteiger partial charge in [0.2, 0.25) is 5.91 Å². The Labute approximate surface area is 136 Å². The standard InChI is InChI=1S/C16H16F3NO4/c17-16(18,19)15(24)20-7-6-11-5-4-10(2-1-3-14(22)23)8-12(11)9-13(20)21/h4-5,8H,1-3,6-7,9H2,(H,22,23). The fourth-order valence-corrected chi connectivity index (χ4v) is 2.67. The highest BCUT2D eigenvalue weighted by Crippen LogP contribution is 2.24. The number of amides is 2. The molecule has 1 heterocycles. The fraction of sp³-hybridized carbons (Fsp3) is 0.438. The highest BCUT2D eigenvalue weighted by atomic mass is 19.4. The van der Waals surface area contributed by atoms with Crippen LogP contribution in [0.4, 0.5) is 13.2 Å². The first-order valence-electron chi connectivity index (χ1n) is 7.42. The maximum absolute atomic E-state index is 12.5. The van der Waals surface area contributed by atoms with Gasteiger partial charge in [-0.15, -0.1) is 0 Å². The molecule has 130 valence electrons. The first-order valence-corrected chi connectivity index (χ1v) is 7.42. The summed E-state index contributed by atoms with van der Waals surface area (Å²) in [5, 5.41) is 8.63. The van der Waals surface area contributed by atoms with E-state index in [1.165, 1.54) is 0 Å². The van der Waals surface area contributed by atoms with E-state index in [1.807, 2.05) is 0 Å². The van der Waals surface area contributed by atoms with Gasteiger partial charge < -0.3 is 5.11 Å². The zero-order valence-corrected chi connectivity index (χ0v) is 12.7. The highest BCUT2D eigenvalue weighted by molar-refractivity contribution is 5.99. The summed E-state index contributed by atoms with van der Waals surface area (Å²) < 4.78 is 37.6. The number of nitrogens with zero attached hydrogens (tertiary/aromatic N) is 1. The first-order chi connectivity index (χ1) is 11.2. The molecule has 1 aliphatic heterocycles. The van der Waals surface area contributed by atoms with Crippen LogP contribution in [0.1, 0.15) is 29.5 Å². The van der Waals surface area contributed by atoms with E-state index in [2.05, 4.69) is 0 Å². The maximum Gasteiger partial charge on any atom is 0.471 e. The third-order valence-corrected chi connectivity index (χ3v) is 3.86. The Kier molecular flexibility index (Phi) is 5.26. The van der Waals surface area contributed by atoms with E-state index >= 15 is 0 Å². The number of alkyl halides is 3. The van der Waals surface area contributed by atoms with Gasteiger partial charge in [0.25, 0.3) is 0 Å². The number of carbonyl (C=O) groups excluding carboxylic acids is 2. The van der Waals surface area contributed by atoms with Crippen molar-refractivity contribution in [3.63, 3.8) is 0 Å². The minimum absolute atomic E-state index is 0.0177. The minimum atomic E-state index is -5.08. The molecular formula is C16H16F3NO4. The summed E-state index contributed by atoms with van der Waals surface area (Å²) in [4.78, 5) is 34.1. The summed E-state index contributed by atoms with van der Waals surface area (Å²) in [5.74, 6) is -3.91. The lowest BCUT2D eigenvalue weighted by Crippen LogP contribution is -2.45. The highest BCUT2D eigenvalue weighted by Gasteiger charge is 2.45. The van der Waals surface area contributed by atoms with Crippen LogP contribution < -0.4 is 0 Å². The lowest BCUT2D eigenvalue weighted by atomic mass is 9.97. The average Bonchev–Trinajstić information content (AvgIpc) is 2.63. The van der Waals surface area contributed by atoms with E-state index in [9.17, 15) is 27.6 Å². The number of aryl methyl sites for hydroxylation is 1. The molecule has 0 radical (unpaired) electrons. The van der Waals surface area contributed by atoms with Crippen molar-refractivity contribution in [2.45, 2.75) is 38.3 Å². The Hall–Kier alpha value is -2.38. The van der Waals surface area contributed by atoms with Gasteiger partial charge in [-0.05, 0) is 36.0 Å². The van der Waals surface area contributed by atoms with Gasteiger partial charge in [-0.3, -0.25) is 19.3 Å². The molecule has 1 aromatic carbocycles. The van der Waals surface area contributed by atoms with E-state index in [4.69, 9.17) is 5.11 Å². The summed E-state index contributed by atoms with van der Waals surface area (Å²) in [6, 6.07) is 5.20. The second kappa shape index (κ2) is 7.02. The van der Waals surface area contributed by atoms with Crippen molar-refractivity contribution in [2.24, 2.45) is 0 Å². The lowest BCUT2D eigenvalue weighted by molar-refractivity contribution is -0.187. The molecule has 0 aliphatic carbocycles. The monoisotopic (exact) mass is 343 g/mol. The number of benzene rings is 1. The molecule has 0 atom stereocenters. The van der Waals surface area contributed by atoms with E-state index < -0.39 is 24.0 Å². The summed E-state index contributed by atoms with van der Waals surface area (Å²) in [6.07, 6.45) is -4.24. The number of rotatable bonds is 4. The molecule has 0 bridgehead atoms. The SMILES string of the molecule is O=C(O)CCCc1ccc2c(c1)CC(=O)N(C(=O)C(F)(F)F)CC2. The number of imide groups is 1. The Morgan fingerprint density at radius 1 is 1.21 bits per heavy atom. The van der Waals surface area contributed by atoms with Gasteiger partial charge in [-0.2, -0.15) is 13.2 Å². The number of fused-ring (bicyclic) bond motifs is 1. The summed E-state index contributed by atoms with van der Waals surface area (Å²) in [6.45, 7) is -0.303. The Morgan fingerprint density at radius 3 is 2.54 bits per heavy atom. The molecule has 0 saturated heterocycles. The Morgan fingerprint density at radius 2 is 1.92 bits per heavy atom. The van der Waals surface area contributed by atoms with Gasteiger partial charge in [-0.1, -0.05) is 18.2 Å². The van der Waals surface area contributed by atoms with Crippen molar-refractivity contribution >= 4 is 17.8 Å². The third kappa shape index (κ3) is 4.33. The van der Waals surface area contributed by atoms with Gasteiger partial charge in [0.05, 0.1) is 6.42 Å². The fourth-order valence-electron chi connectivity index (χ4n) is 2.67. The molecule has 0 saturated carbocycles. The number of aliphatic carboxylic acids is 1. The van der Waals surface area contributed by atoms with Gasteiger partial charge in [0.1, 0.15) is 0 Å². The zero-order chi connectivity index (χ0) is 17.9. The number of carboxylic acids is 1. The van der Waals surface area contributed by atoms with Crippen LogP contribution in [0.25, 0.3) is 0 Å². The smallest absolute Gasteiger partial charge is 0.471 e. The zero-order valence-electron chi connectivity index (χ0n) is 12.7. The molecule has 0 spiro atoms. The molecule has 1 N–H and O–H groups in total. The van der Waals surface area contributed by atoms with Gasteiger partial charge in [-0.25, -0.2) is 0 Å². The van der Waals surface area contributed by atoms with Crippen LogP contribution in [-0.4, -0.2) is 40.5 Å². The summed E-state index contributed by atoms with van der Waals surface area (Å²) >= 11 is 0. The van der Waals surface area contributed by atoms with Crippen molar-refractivity contribution in [1.29, 1.82) is 0 Å². The van der Waals surface area contributed by atoms with Crippen LogP contribution in [0.5, 0.6) is 0 Å². The molecule has 8 heteroatoms. The predicted molar refractivity (Wildman–Crippen MR) is 77.2 cm³/mol. The van der Waals surface area contributed by atoms with Crippen LogP contribution in [-0.2, 0) is 33.6 Å². The van der Waals surface area contributed by atoms with Crippen molar-refractivity contribution in [1.82, 2.24) is 4.90 Å². The topological polar surface area (TPSA) is 74.7 Å². The molecule has 1 aromatic rings.